The average Bonchev–Trinajstić information content (AvgIpc) is 4.07. The fourth-order valence-electron chi connectivity index (χ4n) is 7.33. The van der Waals surface area contributed by atoms with Gasteiger partial charge in [-0.05, 0) is 0 Å². The minimum atomic E-state index is 0.143. The summed E-state index contributed by atoms with van der Waals surface area (Å²) in [4.78, 5) is 7.76. The maximum atomic E-state index is 6.98. The summed E-state index contributed by atoms with van der Waals surface area (Å²) in [6.07, 6.45) is 0. The molecule has 0 aliphatic rings. The van der Waals surface area contributed by atoms with E-state index < -0.39 is 0 Å². The molecule has 0 aliphatic heterocycles. The Morgan fingerprint density at radius 2 is 0.774 bits per heavy atom. The van der Waals surface area contributed by atoms with Gasteiger partial charge in [0, 0.05) is 0 Å². The minimum absolute atomic E-state index is 0.143. The third kappa shape index (κ3) is 5.95. The molecule has 0 radical (unpaired) electrons. The zero-order valence-corrected chi connectivity index (χ0v) is 32.0. The van der Waals surface area contributed by atoms with Crippen molar-refractivity contribution in [3.63, 3.8) is 0 Å². The van der Waals surface area contributed by atoms with Crippen molar-refractivity contribution in [3.05, 3.63) is 182 Å². The van der Waals surface area contributed by atoms with E-state index in [0.717, 1.165) is 55.5 Å². The van der Waals surface area contributed by atoms with Gasteiger partial charge in [0.1, 0.15) is 0 Å². The monoisotopic (exact) mass is 812 g/mol. The van der Waals surface area contributed by atoms with E-state index >= 15 is 0 Å². The van der Waals surface area contributed by atoms with Gasteiger partial charge in [-0.25, -0.2) is 0 Å². The molecule has 5 heteroatoms. The van der Waals surface area contributed by atoms with Crippen LogP contribution in [0.2, 0.25) is 0 Å². The van der Waals surface area contributed by atoms with Crippen LogP contribution >= 0.6 is 0 Å². The molecule has 0 saturated carbocycles. The Bertz CT molecular complexity index is 2830. The molecule has 53 heavy (non-hydrogen) atoms. The van der Waals surface area contributed by atoms with Crippen molar-refractivity contribution in [2.75, 3.05) is 0 Å². The third-order valence-electron chi connectivity index (χ3n) is 9.75. The molecule has 10 aromatic rings. The van der Waals surface area contributed by atoms with Crippen molar-refractivity contribution >= 4 is 79.3 Å². The van der Waals surface area contributed by atoms with E-state index in [9.17, 15) is 0 Å². The first kappa shape index (κ1) is 31.9. The molecular weight excluding hydrogens is 778 g/mol. The molecule has 2 N–H and O–H groups in total. The van der Waals surface area contributed by atoms with Crippen LogP contribution in [0.4, 0.5) is 0 Å². The van der Waals surface area contributed by atoms with E-state index in [2.05, 4.69) is 192 Å². The number of nitrogens with one attached hydrogen (secondary N) is 2. The maximum absolute atomic E-state index is 6.98. The quantitative estimate of drug-likeness (QED) is 0.135. The summed E-state index contributed by atoms with van der Waals surface area (Å²) in [5.41, 5.74) is 15.0. The Hall–Kier alpha value is -5.80. The van der Waals surface area contributed by atoms with Gasteiger partial charge in [0.2, 0.25) is 0 Å². The topological polar surface area (TPSA) is 44.7 Å². The van der Waals surface area contributed by atoms with Crippen molar-refractivity contribution in [1.29, 1.82) is 0 Å². The van der Waals surface area contributed by atoms with Crippen molar-refractivity contribution in [3.8, 4) is 44.5 Å². The van der Waals surface area contributed by atoms with Crippen molar-refractivity contribution in [2.45, 2.75) is 0 Å². The van der Waals surface area contributed by atoms with E-state index in [-0.39, 0.29) is 29.0 Å². The normalized spacial score (nSPS) is 11.4. The van der Waals surface area contributed by atoms with Gasteiger partial charge in [-0.1, -0.05) is 0 Å². The molecule has 3 nitrogen and oxygen atoms in total. The number of fused-ring (bicyclic) bond motifs is 11. The average molecular weight is 811 g/mol. The van der Waals surface area contributed by atoms with E-state index in [1.54, 1.807) is 0 Å². The molecule has 0 amide bonds. The number of aromatic nitrogens is 2. The Labute approximate surface area is 318 Å². The van der Waals surface area contributed by atoms with Gasteiger partial charge in [0.05, 0.1) is 0 Å². The number of hydrogen-bond donors (Lipinski definition) is 2. The van der Waals surface area contributed by atoms with Gasteiger partial charge in [-0.2, -0.15) is 0 Å². The van der Waals surface area contributed by atoms with Gasteiger partial charge in [-0.3, -0.25) is 0 Å². The predicted octanol–water partition coefficient (Wildman–Crippen LogP) is 12.7. The van der Waals surface area contributed by atoms with Gasteiger partial charge >= 0.3 is 320 Å². The van der Waals surface area contributed by atoms with Crippen LogP contribution in [-0.2, 0) is 0 Å². The number of benzene rings is 4. The van der Waals surface area contributed by atoms with Crippen LogP contribution in [0, 0.1) is 0 Å². The summed E-state index contributed by atoms with van der Waals surface area (Å²) in [5.74, 6) is 0. The van der Waals surface area contributed by atoms with Gasteiger partial charge in [0.15, 0.2) is 0 Å². The number of aromatic amines is 2. The molecule has 0 aliphatic carbocycles. The van der Waals surface area contributed by atoms with Crippen LogP contribution in [0.15, 0.2) is 186 Å². The molecule has 0 saturated heterocycles. The molecule has 0 fully saturated rings. The standard InChI is InChI=1S/C48H32N2OSe2/c1-5-13-31(14-6-1)45-35-21-23-37(49-35)47(33-17-9-3-10-18-33)43-29-27-41(52-43)42-28-30-44(53-42)48(34-19-11-4-12-20-34)38-24-22-36(50-38)46(32-15-7-2-8-16-32)40-26-25-39(45)51-40/h1-30,49-50H/q+2. The van der Waals surface area contributed by atoms with Crippen LogP contribution < -0.4 is 0 Å². The summed E-state index contributed by atoms with van der Waals surface area (Å²) >= 11 is 0.286. The Balaban J connectivity index is 1.40. The van der Waals surface area contributed by atoms with E-state index in [4.69, 9.17) is 4.42 Å². The fraction of sp³-hybridized carbons (Fsp3) is 0. The van der Waals surface area contributed by atoms with Gasteiger partial charge < -0.3 is 0 Å². The molecule has 10 rings (SSSR count). The van der Waals surface area contributed by atoms with Crippen LogP contribution in [0.25, 0.3) is 94.8 Å². The Kier molecular flexibility index (Phi) is 8.21. The van der Waals surface area contributed by atoms with E-state index in [1.807, 2.05) is 0 Å². The van der Waals surface area contributed by atoms with Crippen LogP contribution in [0.3, 0.4) is 0 Å². The zero-order valence-electron chi connectivity index (χ0n) is 28.5. The number of hydrogen-bond acceptors (Lipinski definition) is 1. The van der Waals surface area contributed by atoms with E-state index in [0.29, 0.717) is 0 Å². The number of furan rings is 1. The summed E-state index contributed by atoms with van der Waals surface area (Å²) in [5, 5.41) is 0. The summed E-state index contributed by atoms with van der Waals surface area (Å²) in [6, 6.07) is 65.3. The van der Waals surface area contributed by atoms with E-state index in [1.165, 1.54) is 39.3 Å². The van der Waals surface area contributed by atoms with Crippen LogP contribution in [0.1, 0.15) is 0 Å². The second kappa shape index (κ2) is 13.6. The molecule has 10 bridgehead atoms. The number of rotatable bonds is 4. The van der Waals surface area contributed by atoms with Crippen molar-refractivity contribution < 1.29 is 4.42 Å². The third-order valence-corrected chi connectivity index (χ3v) is 15.2. The van der Waals surface area contributed by atoms with Crippen molar-refractivity contribution in [1.82, 2.24) is 9.97 Å². The molecule has 0 spiro atoms. The Morgan fingerprint density at radius 3 is 1.19 bits per heavy atom. The van der Waals surface area contributed by atoms with Gasteiger partial charge in [0.25, 0.3) is 0 Å². The second-order valence-electron chi connectivity index (χ2n) is 13.0. The molecule has 6 aromatic heterocycles. The summed E-state index contributed by atoms with van der Waals surface area (Å²) in [7, 11) is 0. The van der Waals surface area contributed by atoms with Gasteiger partial charge in [-0.15, -0.1) is 0 Å². The van der Waals surface area contributed by atoms with Crippen LogP contribution in [-0.4, -0.2) is 39.0 Å². The fourth-order valence-corrected chi connectivity index (χ4v) is 12.5. The first-order valence-corrected chi connectivity index (χ1v) is 21.1. The van der Waals surface area contributed by atoms with Crippen LogP contribution in [0.5, 0.6) is 0 Å². The SMILES string of the molecule is c1ccc(-c2c3ccc([nH]3)[c+](-c3ccccc3)c3ccc([se]3)c3ccc([se]3)[c+](-c3ccccc3)c3ccc([nH]3)c(-c3ccccc3)c3ccc2o3)cc1. The molecule has 0 atom stereocenters. The first-order valence-electron chi connectivity index (χ1n) is 17.7. The van der Waals surface area contributed by atoms with Crippen molar-refractivity contribution in [2.24, 2.45) is 0 Å². The zero-order chi connectivity index (χ0) is 35.1. The summed E-state index contributed by atoms with van der Waals surface area (Å²) in [6.45, 7) is 0. The summed E-state index contributed by atoms with van der Waals surface area (Å²) < 4.78 is 12.6. The molecular formula is C48H32N2OSe2+2. The molecule has 4 aromatic carbocycles. The predicted molar refractivity (Wildman–Crippen MR) is 226 cm³/mol. The Morgan fingerprint density at radius 1 is 0.377 bits per heavy atom. The molecule has 250 valence electrons. The second-order valence-corrected chi connectivity index (χ2v) is 17.6. The molecule has 6 heterocycles. The molecule has 0 unspecified atom stereocenters. The number of H-pyrrole nitrogens is 2. The first-order chi connectivity index (χ1) is 26.3.